The van der Waals surface area contributed by atoms with Crippen LogP contribution in [0.4, 0.5) is 11.4 Å². The number of hydrogen-bond donors (Lipinski definition) is 1. The highest BCUT2D eigenvalue weighted by Crippen LogP contribution is 2.33. The number of nitrogens with one attached hydrogen (secondary N) is 1. The van der Waals surface area contributed by atoms with Gasteiger partial charge in [0.1, 0.15) is 0 Å². The van der Waals surface area contributed by atoms with E-state index in [0.29, 0.717) is 22.2 Å². The van der Waals surface area contributed by atoms with Gasteiger partial charge in [-0.25, -0.2) is 0 Å². The number of halogens is 2. The molecule has 0 radical (unpaired) electrons. The van der Waals surface area contributed by atoms with Crippen LogP contribution in [-0.2, 0) is 11.2 Å². The predicted molar refractivity (Wildman–Crippen MR) is 79.5 cm³/mol. The van der Waals surface area contributed by atoms with Gasteiger partial charge in [-0.15, -0.1) is 0 Å². The molecule has 0 fully saturated rings. The molecule has 0 amide bonds. The van der Waals surface area contributed by atoms with Gasteiger partial charge in [-0.1, -0.05) is 47.5 Å². The smallest absolute Gasteiger partial charge is 0.0762 e. The third kappa shape index (κ3) is 3.65. The van der Waals surface area contributed by atoms with E-state index < -0.39 is 5.97 Å². The summed E-state index contributed by atoms with van der Waals surface area (Å²) in [5, 5.41) is 14.7. The predicted octanol–water partition coefficient (Wildman–Crippen LogP) is 3.42. The summed E-state index contributed by atoms with van der Waals surface area (Å²) in [6.07, 6.45) is 0.350. The van der Waals surface area contributed by atoms with Crippen molar-refractivity contribution in [1.29, 1.82) is 0 Å². The number of anilines is 2. The van der Waals surface area contributed by atoms with Crippen LogP contribution in [0.2, 0.25) is 10.0 Å². The molecule has 2 rings (SSSR count). The maximum atomic E-state index is 10.6. The van der Waals surface area contributed by atoms with E-state index in [9.17, 15) is 9.90 Å². The number of rotatable bonds is 5. The lowest BCUT2D eigenvalue weighted by molar-refractivity contribution is -0.305. The van der Waals surface area contributed by atoms with Gasteiger partial charge in [0.2, 0.25) is 0 Å². The number of carbonyl (C=O) groups is 1. The minimum absolute atomic E-state index is 0.0328. The van der Waals surface area contributed by atoms with E-state index in [-0.39, 0.29) is 6.42 Å². The summed E-state index contributed by atoms with van der Waals surface area (Å²) in [4.78, 5) is 10.6. The highest BCUT2D eigenvalue weighted by atomic mass is 35.5. The zero-order valence-electron chi connectivity index (χ0n) is 10.5. The molecule has 5 heteroatoms. The summed E-state index contributed by atoms with van der Waals surface area (Å²) in [5.74, 6) is -1.07. The van der Waals surface area contributed by atoms with Crippen molar-refractivity contribution in [3.05, 3.63) is 58.1 Å². The van der Waals surface area contributed by atoms with Gasteiger partial charge in [-0.2, -0.15) is 0 Å². The topological polar surface area (TPSA) is 52.2 Å². The molecule has 0 unspecified atom stereocenters. The lowest BCUT2D eigenvalue weighted by atomic mass is 10.1. The van der Waals surface area contributed by atoms with Gasteiger partial charge in [0.25, 0.3) is 0 Å². The van der Waals surface area contributed by atoms with Crippen LogP contribution in [0.25, 0.3) is 0 Å². The second-order valence-corrected chi connectivity index (χ2v) is 5.07. The highest BCUT2D eigenvalue weighted by molar-refractivity contribution is 6.39. The highest BCUT2D eigenvalue weighted by Gasteiger charge is 2.08. The summed E-state index contributed by atoms with van der Waals surface area (Å²) in [7, 11) is 0. The molecule has 0 spiro atoms. The van der Waals surface area contributed by atoms with E-state index in [1.54, 1.807) is 18.2 Å². The summed E-state index contributed by atoms with van der Waals surface area (Å²) < 4.78 is 0. The molecule has 2 aromatic carbocycles. The van der Waals surface area contributed by atoms with Gasteiger partial charge in [-0.05, 0) is 36.6 Å². The first kappa shape index (κ1) is 14.7. The fourth-order valence-corrected chi connectivity index (χ4v) is 2.34. The molecule has 0 bridgehead atoms. The second kappa shape index (κ2) is 6.64. The number of aliphatic carboxylic acids is 1. The molecular weight excluding hydrogens is 297 g/mol. The molecule has 20 heavy (non-hydrogen) atoms. The molecular formula is C15H12Cl2NO2-. The lowest BCUT2D eigenvalue weighted by Crippen LogP contribution is -2.22. The average molecular weight is 309 g/mol. The molecule has 0 aromatic heterocycles. The van der Waals surface area contributed by atoms with E-state index in [1.807, 2.05) is 24.3 Å². The van der Waals surface area contributed by atoms with Gasteiger partial charge in [-0.3, -0.25) is 0 Å². The first-order chi connectivity index (χ1) is 9.58. The molecule has 0 atom stereocenters. The number of hydrogen-bond acceptors (Lipinski definition) is 3. The Balaban J connectivity index is 2.27. The number of para-hydroxylation sites is 2. The van der Waals surface area contributed by atoms with Crippen LogP contribution in [0.1, 0.15) is 12.0 Å². The summed E-state index contributed by atoms with van der Waals surface area (Å²) in [5.41, 5.74) is 2.26. The number of carbonyl (C=O) groups excluding carboxylic acids is 1. The second-order valence-electron chi connectivity index (χ2n) is 4.25. The Labute approximate surface area is 127 Å². The molecule has 0 saturated heterocycles. The average Bonchev–Trinajstić information content (AvgIpc) is 2.42. The zero-order valence-corrected chi connectivity index (χ0v) is 12.0. The Morgan fingerprint density at radius 3 is 2.35 bits per heavy atom. The zero-order chi connectivity index (χ0) is 14.5. The standard InChI is InChI=1S/C15H13Cl2NO2/c16-11-5-3-6-12(17)15(11)18-13-7-2-1-4-10(13)8-9-14(19)20/h1-7,18H,8-9H2,(H,19,20)/p-1. The van der Waals surface area contributed by atoms with Crippen molar-refractivity contribution < 1.29 is 9.90 Å². The fraction of sp³-hybridized carbons (Fsp3) is 0.133. The third-order valence-corrected chi connectivity index (χ3v) is 3.47. The van der Waals surface area contributed by atoms with Crippen LogP contribution in [0, 0.1) is 0 Å². The monoisotopic (exact) mass is 308 g/mol. The molecule has 104 valence electrons. The Morgan fingerprint density at radius 2 is 1.70 bits per heavy atom. The SMILES string of the molecule is O=C([O-])CCc1ccccc1Nc1c(Cl)cccc1Cl. The van der Waals surface area contributed by atoms with E-state index in [1.165, 1.54) is 0 Å². The number of benzene rings is 2. The Bertz CT molecular complexity index is 609. The first-order valence-corrected chi connectivity index (χ1v) is 6.82. The van der Waals surface area contributed by atoms with Crippen molar-refractivity contribution in [3.63, 3.8) is 0 Å². The van der Waals surface area contributed by atoms with Crippen LogP contribution in [-0.4, -0.2) is 5.97 Å². The van der Waals surface area contributed by atoms with E-state index in [0.717, 1.165) is 11.3 Å². The van der Waals surface area contributed by atoms with E-state index >= 15 is 0 Å². The van der Waals surface area contributed by atoms with Gasteiger partial charge in [0.05, 0.1) is 15.7 Å². The molecule has 0 saturated carbocycles. The Kier molecular flexibility index (Phi) is 4.88. The number of aryl methyl sites for hydroxylation is 1. The van der Waals surface area contributed by atoms with Crippen LogP contribution in [0.5, 0.6) is 0 Å². The lowest BCUT2D eigenvalue weighted by Gasteiger charge is -2.14. The third-order valence-electron chi connectivity index (χ3n) is 2.84. The molecule has 0 heterocycles. The van der Waals surface area contributed by atoms with Gasteiger partial charge >= 0.3 is 0 Å². The van der Waals surface area contributed by atoms with Crippen LogP contribution in [0.15, 0.2) is 42.5 Å². The Hall–Kier alpha value is -1.71. The van der Waals surface area contributed by atoms with E-state index in [2.05, 4.69) is 5.32 Å². The minimum Gasteiger partial charge on any atom is -0.550 e. The quantitative estimate of drug-likeness (QED) is 0.920. The van der Waals surface area contributed by atoms with Crippen molar-refractivity contribution in [2.45, 2.75) is 12.8 Å². The van der Waals surface area contributed by atoms with Crippen molar-refractivity contribution in [2.75, 3.05) is 5.32 Å². The first-order valence-electron chi connectivity index (χ1n) is 6.06. The van der Waals surface area contributed by atoms with Crippen molar-refractivity contribution >= 4 is 40.5 Å². The van der Waals surface area contributed by atoms with Gasteiger partial charge < -0.3 is 15.2 Å². The minimum atomic E-state index is -1.07. The molecule has 0 aliphatic rings. The van der Waals surface area contributed by atoms with Gasteiger partial charge in [0.15, 0.2) is 0 Å². The van der Waals surface area contributed by atoms with Crippen LogP contribution >= 0.6 is 23.2 Å². The molecule has 2 aromatic rings. The number of carboxylic acid groups (broad SMARTS) is 1. The molecule has 1 N–H and O–H groups in total. The van der Waals surface area contributed by atoms with Crippen molar-refractivity contribution in [2.24, 2.45) is 0 Å². The summed E-state index contributed by atoms with van der Waals surface area (Å²) in [6, 6.07) is 12.6. The summed E-state index contributed by atoms with van der Waals surface area (Å²) in [6.45, 7) is 0. The fourth-order valence-electron chi connectivity index (χ4n) is 1.85. The van der Waals surface area contributed by atoms with Crippen LogP contribution in [0.3, 0.4) is 0 Å². The molecule has 0 aliphatic carbocycles. The Morgan fingerprint density at radius 1 is 1.05 bits per heavy atom. The molecule has 3 nitrogen and oxygen atoms in total. The van der Waals surface area contributed by atoms with Crippen LogP contribution < -0.4 is 10.4 Å². The molecule has 0 aliphatic heterocycles. The van der Waals surface area contributed by atoms with E-state index in [4.69, 9.17) is 23.2 Å². The summed E-state index contributed by atoms with van der Waals surface area (Å²) >= 11 is 12.2. The van der Waals surface area contributed by atoms with Gasteiger partial charge in [0, 0.05) is 11.7 Å². The largest absolute Gasteiger partial charge is 0.550 e. The maximum Gasteiger partial charge on any atom is 0.0762 e. The van der Waals surface area contributed by atoms with Crippen molar-refractivity contribution in [3.8, 4) is 0 Å². The normalized spacial score (nSPS) is 10.3. The maximum absolute atomic E-state index is 10.6. The van der Waals surface area contributed by atoms with Crippen molar-refractivity contribution in [1.82, 2.24) is 0 Å². The number of carboxylic acids is 1.